The highest BCUT2D eigenvalue weighted by Gasteiger charge is 2.16. The van der Waals surface area contributed by atoms with Crippen LogP contribution in [0.15, 0.2) is 0 Å². The van der Waals surface area contributed by atoms with Gasteiger partial charge in [-0.15, -0.1) is 0 Å². The molecule has 1 saturated heterocycles. The molecule has 0 bridgehead atoms. The van der Waals surface area contributed by atoms with Gasteiger partial charge in [0.1, 0.15) is 0 Å². The number of nitrogens with zero attached hydrogens (tertiary/aromatic N) is 2. The molecule has 1 aliphatic heterocycles. The number of anilines is 1. The maximum absolute atomic E-state index is 11.8. The number of rotatable bonds is 4. The topological polar surface area (TPSA) is 87.0 Å². The molecule has 0 unspecified atom stereocenters. The molecule has 0 atom stereocenters. The summed E-state index contributed by atoms with van der Waals surface area (Å²) in [5.41, 5.74) is 7.19. The zero-order valence-corrected chi connectivity index (χ0v) is 10.1. The summed E-state index contributed by atoms with van der Waals surface area (Å²) in [5, 5.41) is 9.43. The van der Waals surface area contributed by atoms with Crippen molar-refractivity contribution in [3.8, 4) is 0 Å². The summed E-state index contributed by atoms with van der Waals surface area (Å²) in [5.74, 6) is -0.203. The standard InChI is InChI=1S/C11H19N5O/c1-8-9(12)10(15-14-8)11(17)13-4-7-16-5-2-3-6-16/h2-7,12H2,1H3,(H,13,17)(H,14,15). The number of amides is 1. The molecule has 0 aromatic carbocycles. The Kier molecular flexibility index (Phi) is 3.63. The van der Waals surface area contributed by atoms with Gasteiger partial charge in [0.05, 0.1) is 11.4 Å². The number of H-pyrrole nitrogens is 1. The number of likely N-dealkylation sites (tertiary alicyclic amines) is 1. The van der Waals surface area contributed by atoms with E-state index in [1.54, 1.807) is 6.92 Å². The third-order valence-electron chi connectivity index (χ3n) is 3.12. The number of aromatic amines is 1. The summed E-state index contributed by atoms with van der Waals surface area (Å²) in [6, 6.07) is 0. The summed E-state index contributed by atoms with van der Waals surface area (Å²) < 4.78 is 0. The van der Waals surface area contributed by atoms with E-state index in [0.29, 0.717) is 17.9 Å². The van der Waals surface area contributed by atoms with Crippen molar-refractivity contribution in [3.63, 3.8) is 0 Å². The van der Waals surface area contributed by atoms with Crippen LogP contribution in [0.2, 0.25) is 0 Å². The molecule has 2 heterocycles. The summed E-state index contributed by atoms with van der Waals surface area (Å²) in [6.07, 6.45) is 2.53. The molecule has 6 nitrogen and oxygen atoms in total. The Bertz CT molecular complexity index is 395. The third-order valence-corrected chi connectivity index (χ3v) is 3.12. The fraction of sp³-hybridized carbons (Fsp3) is 0.636. The minimum Gasteiger partial charge on any atom is -0.395 e. The number of nitrogens with one attached hydrogen (secondary N) is 2. The number of hydrogen-bond donors (Lipinski definition) is 3. The third kappa shape index (κ3) is 2.76. The van der Waals surface area contributed by atoms with Gasteiger partial charge in [0.25, 0.3) is 5.91 Å². The predicted molar refractivity (Wildman–Crippen MR) is 65.7 cm³/mol. The lowest BCUT2D eigenvalue weighted by Crippen LogP contribution is -2.33. The van der Waals surface area contributed by atoms with Crippen LogP contribution in [0.5, 0.6) is 0 Å². The van der Waals surface area contributed by atoms with Crippen molar-refractivity contribution in [3.05, 3.63) is 11.4 Å². The molecule has 0 spiro atoms. The lowest BCUT2D eigenvalue weighted by molar-refractivity contribution is 0.0945. The second-order valence-corrected chi connectivity index (χ2v) is 4.42. The zero-order valence-electron chi connectivity index (χ0n) is 10.1. The van der Waals surface area contributed by atoms with E-state index >= 15 is 0 Å². The molecule has 94 valence electrons. The van der Waals surface area contributed by atoms with Crippen LogP contribution in [0.3, 0.4) is 0 Å². The van der Waals surface area contributed by atoms with Gasteiger partial charge in [-0.2, -0.15) is 5.10 Å². The first-order valence-electron chi connectivity index (χ1n) is 5.99. The molecule has 0 radical (unpaired) electrons. The first-order chi connectivity index (χ1) is 8.18. The highest BCUT2D eigenvalue weighted by Crippen LogP contribution is 2.11. The number of aromatic nitrogens is 2. The van der Waals surface area contributed by atoms with Crippen molar-refractivity contribution in [2.45, 2.75) is 19.8 Å². The zero-order chi connectivity index (χ0) is 12.3. The van der Waals surface area contributed by atoms with Crippen LogP contribution in [-0.2, 0) is 0 Å². The van der Waals surface area contributed by atoms with Gasteiger partial charge in [0, 0.05) is 13.1 Å². The minimum atomic E-state index is -0.203. The molecule has 0 saturated carbocycles. The number of hydrogen-bond acceptors (Lipinski definition) is 4. The Hall–Kier alpha value is -1.56. The average Bonchev–Trinajstić information content (AvgIpc) is 2.91. The van der Waals surface area contributed by atoms with Crippen LogP contribution in [-0.4, -0.2) is 47.2 Å². The van der Waals surface area contributed by atoms with E-state index in [-0.39, 0.29) is 5.91 Å². The fourth-order valence-electron chi connectivity index (χ4n) is 2.03. The molecule has 1 aromatic rings. The Morgan fingerprint density at radius 3 is 2.82 bits per heavy atom. The molecular weight excluding hydrogens is 218 g/mol. The highest BCUT2D eigenvalue weighted by atomic mass is 16.1. The maximum atomic E-state index is 11.8. The molecule has 6 heteroatoms. The van der Waals surface area contributed by atoms with Gasteiger partial charge in [0.15, 0.2) is 5.69 Å². The van der Waals surface area contributed by atoms with Crippen LogP contribution >= 0.6 is 0 Å². The minimum absolute atomic E-state index is 0.203. The lowest BCUT2D eigenvalue weighted by Gasteiger charge is -2.14. The van der Waals surface area contributed by atoms with E-state index in [4.69, 9.17) is 5.73 Å². The van der Waals surface area contributed by atoms with E-state index < -0.39 is 0 Å². The largest absolute Gasteiger partial charge is 0.395 e. The lowest BCUT2D eigenvalue weighted by atomic mass is 10.3. The highest BCUT2D eigenvalue weighted by molar-refractivity contribution is 5.97. The molecule has 1 aromatic heterocycles. The van der Waals surface area contributed by atoms with Gasteiger partial charge in [-0.25, -0.2) is 0 Å². The molecule has 0 aliphatic carbocycles. The monoisotopic (exact) mass is 237 g/mol. The van der Waals surface area contributed by atoms with Gasteiger partial charge >= 0.3 is 0 Å². The second kappa shape index (κ2) is 5.18. The van der Waals surface area contributed by atoms with Gasteiger partial charge in [-0.05, 0) is 32.9 Å². The summed E-state index contributed by atoms with van der Waals surface area (Å²) in [7, 11) is 0. The maximum Gasteiger partial charge on any atom is 0.273 e. The molecule has 17 heavy (non-hydrogen) atoms. The Labute approximate surface area is 101 Å². The van der Waals surface area contributed by atoms with Crippen LogP contribution in [0.25, 0.3) is 0 Å². The first-order valence-corrected chi connectivity index (χ1v) is 5.99. The van der Waals surface area contributed by atoms with Crippen LogP contribution in [0.1, 0.15) is 29.0 Å². The Balaban J connectivity index is 1.79. The number of nitrogen functional groups attached to an aromatic ring is 1. The van der Waals surface area contributed by atoms with Crippen molar-refractivity contribution < 1.29 is 4.79 Å². The fourth-order valence-corrected chi connectivity index (χ4v) is 2.03. The van der Waals surface area contributed by atoms with Gasteiger partial charge in [-0.3, -0.25) is 9.89 Å². The predicted octanol–water partition coefficient (Wildman–Crippen LogP) is 0.126. The van der Waals surface area contributed by atoms with Crippen LogP contribution in [0, 0.1) is 6.92 Å². The smallest absolute Gasteiger partial charge is 0.273 e. The van der Waals surface area contributed by atoms with Crippen LogP contribution < -0.4 is 11.1 Å². The van der Waals surface area contributed by atoms with Gasteiger partial charge < -0.3 is 16.0 Å². The molecular formula is C11H19N5O. The van der Waals surface area contributed by atoms with E-state index in [1.165, 1.54) is 12.8 Å². The summed E-state index contributed by atoms with van der Waals surface area (Å²) >= 11 is 0. The first kappa shape index (κ1) is 11.9. The number of carbonyl (C=O) groups excluding carboxylic acids is 1. The number of nitrogens with two attached hydrogens (primary N) is 1. The molecule has 1 amide bonds. The molecule has 2 rings (SSSR count). The van der Waals surface area contributed by atoms with Gasteiger partial charge in [-0.1, -0.05) is 0 Å². The molecule has 4 N–H and O–H groups in total. The average molecular weight is 237 g/mol. The van der Waals surface area contributed by atoms with E-state index in [0.717, 1.165) is 25.3 Å². The molecule has 1 fully saturated rings. The summed E-state index contributed by atoms with van der Waals surface area (Å²) in [6.45, 7) is 5.61. The Morgan fingerprint density at radius 1 is 1.53 bits per heavy atom. The number of carbonyl (C=O) groups is 1. The van der Waals surface area contributed by atoms with E-state index in [1.807, 2.05) is 0 Å². The quantitative estimate of drug-likeness (QED) is 0.694. The van der Waals surface area contributed by atoms with Crippen molar-refractivity contribution in [1.82, 2.24) is 20.4 Å². The van der Waals surface area contributed by atoms with E-state index in [2.05, 4.69) is 20.4 Å². The van der Waals surface area contributed by atoms with Crippen molar-refractivity contribution in [2.24, 2.45) is 0 Å². The van der Waals surface area contributed by atoms with Gasteiger partial charge in [0.2, 0.25) is 0 Å². The van der Waals surface area contributed by atoms with E-state index in [9.17, 15) is 4.79 Å². The normalized spacial score (nSPS) is 16.3. The second-order valence-electron chi connectivity index (χ2n) is 4.42. The Morgan fingerprint density at radius 2 is 2.24 bits per heavy atom. The van der Waals surface area contributed by atoms with Crippen LogP contribution in [0.4, 0.5) is 5.69 Å². The number of aryl methyl sites for hydroxylation is 1. The van der Waals surface area contributed by atoms with Crippen molar-refractivity contribution in [1.29, 1.82) is 0 Å². The van der Waals surface area contributed by atoms with Crippen molar-refractivity contribution >= 4 is 11.6 Å². The molecule has 1 aliphatic rings. The summed E-state index contributed by atoms with van der Waals surface area (Å²) in [4.78, 5) is 14.1. The van der Waals surface area contributed by atoms with Crippen molar-refractivity contribution in [2.75, 3.05) is 31.9 Å². The SMILES string of the molecule is Cc1[nH]nc(C(=O)NCCN2CCCC2)c1N.